The Morgan fingerprint density at radius 2 is 1.52 bits per heavy atom. The average molecular weight is 387 g/mol. The number of imidazole rings is 2. The molecule has 0 aliphatic heterocycles. The second-order valence-electron chi connectivity index (χ2n) is 7.14. The number of aromatic nitrogens is 4. The molecule has 2 aromatic heterocycles. The summed E-state index contributed by atoms with van der Waals surface area (Å²) in [6, 6.07) is 16.2. The number of nitrogens with one attached hydrogen (secondary N) is 1. The minimum Gasteiger partial charge on any atom is -0.337 e. The van der Waals surface area contributed by atoms with Crippen LogP contribution < -0.4 is 0 Å². The fourth-order valence-corrected chi connectivity index (χ4v) is 3.37. The van der Waals surface area contributed by atoms with E-state index >= 15 is 0 Å². The fourth-order valence-electron chi connectivity index (χ4n) is 3.37. The predicted octanol–water partition coefficient (Wildman–Crippen LogP) is 4.55. The van der Waals surface area contributed by atoms with Gasteiger partial charge in [-0.2, -0.15) is 0 Å². The average Bonchev–Trinajstić information content (AvgIpc) is 3.30. The van der Waals surface area contributed by atoms with E-state index in [0.717, 1.165) is 59.6 Å². The maximum absolute atomic E-state index is 4.61. The van der Waals surface area contributed by atoms with Gasteiger partial charge in [0.15, 0.2) is 5.82 Å². The molecule has 0 fully saturated rings. The van der Waals surface area contributed by atoms with Crippen molar-refractivity contribution in [2.45, 2.75) is 25.7 Å². The van der Waals surface area contributed by atoms with Crippen molar-refractivity contribution in [1.29, 1.82) is 0 Å². The lowest BCUT2D eigenvalue weighted by Gasteiger charge is -1.98. The van der Waals surface area contributed by atoms with Gasteiger partial charge in [0.1, 0.15) is 5.82 Å². The monoisotopic (exact) mass is 386 g/mol. The zero-order valence-electron chi connectivity index (χ0n) is 16.8. The summed E-state index contributed by atoms with van der Waals surface area (Å²) in [4.78, 5) is 21.4. The zero-order valence-corrected chi connectivity index (χ0v) is 16.8. The lowest BCUT2D eigenvalue weighted by Crippen LogP contribution is -1.96. The van der Waals surface area contributed by atoms with Crippen LogP contribution in [0.4, 0.5) is 0 Å². The summed E-state index contributed by atoms with van der Waals surface area (Å²) in [5.41, 5.74) is 4.18. The third kappa shape index (κ3) is 4.77. The summed E-state index contributed by atoms with van der Waals surface area (Å²) in [5, 5.41) is 0. The molecule has 6 nitrogen and oxygen atoms in total. The van der Waals surface area contributed by atoms with Gasteiger partial charge >= 0.3 is 0 Å². The van der Waals surface area contributed by atoms with Crippen LogP contribution in [-0.2, 0) is 7.05 Å². The van der Waals surface area contributed by atoms with E-state index in [1.165, 1.54) is 12.8 Å². The van der Waals surface area contributed by atoms with Gasteiger partial charge in [-0.15, -0.1) is 0 Å². The second kappa shape index (κ2) is 9.28. The molecule has 0 saturated heterocycles. The van der Waals surface area contributed by atoms with E-state index in [9.17, 15) is 0 Å². The Labute approximate surface area is 170 Å². The standard InChI is InChI=1S/C23H26N6/c1-29-21-13-7-6-12-20(21)28-23(29)17-25-15-9-3-2-8-14-24-16-22-26-18-10-4-5-11-19(18)27-22/h4-7,10-13,16-17H,2-3,8-9,14-15H2,1H3,(H,26,27). The molecule has 0 spiro atoms. The van der Waals surface area contributed by atoms with Gasteiger partial charge in [0, 0.05) is 20.1 Å². The number of hydrogen-bond donors (Lipinski definition) is 1. The highest BCUT2D eigenvalue weighted by Gasteiger charge is 2.03. The van der Waals surface area contributed by atoms with Crippen LogP contribution in [0.1, 0.15) is 37.3 Å². The first kappa shape index (κ1) is 19.1. The maximum atomic E-state index is 4.61. The molecule has 6 heteroatoms. The van der Waals surface area contributed by atoms with Crippen LogP contribution in [0.25, 0.3) is 22.1 Å². The first-order valence-electron chi connectivity index (χ1n) is 10.2. The molecule has 0 unspecified atom stereocenters. The molecular formula is C23H26N6. The highest BCUT2D eigenvalue weighted by molar-refractivity contribution is 5.85. The maximum Gasteiger partial charge on any atom is 0.151 e. The Balaban J connectivity index is 1.13. The lowest BCUT2D eigenvalue weighted by molar-refractivity contribution is 0.655. The van der Waals surface area contributed by atoms with Crippen LogP contribution in [0.3, 0.4) is 0 Å². The summed E-state index contributed by atoms with van der Waals surface area (Å²) >= 11 is 0. The van der Waals surface area contributed by atoms with Crippen molar-refractivity contribution < 1.29 is 0 Å². The molecular weight excluding hydrogens is 360 g/mol. The number of unbranched alkanes of at least 4 members (excludes halogenated alkanes) is 3. The topological polar surface area (TPSA) is 71.2 Å². The van der Waals surface area contributed by atoms with Crippen molar-refractivity contribution in [2.24, 2.45) is 17.0 Å². The molecule has 2 heterocycles. The third-order valence-electron chi connectivity index (χ3n) is 4.97. The number of aryl methyl sites for hydroxylation is 1. The van der Waals surface area contributed by atoms with Gasteiger partial charge < -0.3 is 9.55 Å². The van der Waals surface area contributed by atoms with E-state index in [1.807, 2.05) is 61.9 Å². The van der Waals surface area contributed by atoms with E-state index in [-0.39, 0.29) is 0 Å². The molecule has 0 saturated carbocycles. The highest BCUT2D eigenvalue weighted by Crippen LogP contribution is 2.13. The first-order valence-corrected chi connectivity index (χ1v) is 10.2. The summed E-state index contributed by atoms with van der Waals surface area (Å²) < 4.78 is 2.08. The first-order chi connectivity index (χ1) is 14.3. The van der Waals surface area contributed by atoms with Gasteiger partial charge in [-0.25, -0.2) is 9.97 Å². The van der Waals surface area contributed by atoms with Crippen LogP contribution in [0.15, 0.2) is 58.5 Å². The molecule has 29 heavy (non-hydrogen) atoms. The third-order valence-corrected chi connectivity index (χ3v) is 4.97. The Bertz CT molecular complexity index is 1100. The number of rotatable bonds is 9. The molecule has 4 aromatic rings. The molecule has 148 valence electrons. The number of para-hydroxylation sites is 4. The summed E-state index contributed by atoms with van der Waals surface area (Å²) in [6.45, 7) is 1.67. The van der Waals surface area contributed by atoms with Crippen molar-refractivity contribution in [3.63, 3.8) is 0 Å². The fraction of sp³-hybridized carbons (Fsp3) is 0.304. The predicted molar refractivity (Wildman–Crippen MR) is 120 cm³/mol. The van der Waals surface area contributed by atoms with Gasteiger partial charge in [0.2, 0.25) is 0 Å². The van der Waals surface area contributed by atoms with E-state index < -0.39 is 0 Å². The minimum absolute atomic E-state index is 0.822. The van der Waals surface area contributed by atoms with E-state index in [4.69, 9.17) is 0 Å². The number of aromatic amines is 1. The lowest BCUT2D eigenvalue weighted by atomic mass is 10.2. The second-order valence-corrected chi connectivity index (χ2v) is 7.14. The Morgan fingerprint density at radius 1 is 0.828 bits per heavy atom. The molecule has 0 bridgehead atoms. The van der Waals surface area contributed by atoms with Crippen LogP contribution in [0, 0.1) is 0 Å². The summed E-state index contributed by atoms with van der Waals surface area (Å²) in [6.07, 6.45) is 8.23. The molecule has 0 atom stereocenters. The van der Waals surface area contributed by atoms with Crippen molar-refractivity contribution >= 4 is 34.5 Å². The SMILES string of the molecule is Cn1c(C=NCCCCCCN=Cc2nc3ccccc3[nH]2)nc2ccccc21. The quantitative estimate of drug-likeness (QED) is 0.339. The summed E-state index contributed by atoms with van der Waals surface area (Å²) in [7, 11) is 2.03. The Kier molecular flexibility index (Phi) is 6.10. The Morgan fingerprint density at radius 3 is 2.28 bits per heavy atom. The molecule has 0 amide bonds. The number of hydrogen-bond acceptors (Lipinski definition) is 4. The molecule has 0 aliphatic rings. The number of nitrogens with zero attached hydrogens (tertiary/aromatic N) is 5. The van der Waals surface area contributed by atoms with Crippen LogP contribution in [-0.4, -0.2) is 45.0 Å². The summed E-state index contributed by atoms with van der Waals surface area (Å²) in [5.74, 6) is 1.73. The van der Waals surface area contributed by atoms with Crippen molar-refractivity contribution in [2.75, 3.05) is 13.1 Å². The van der Waals surface area contributed by atoms with Crippen molar-refractivity contribution in [3.8, 4) is 0 Å². The molecule has 0 radical (unpaired) electrons. The number of H-pyrrole nitrogens is 1. The highest BCUT2D eigenvalue weighted by atomic mass is 15.1. The molecule has 2 aromatic carbocycles. The van der Waals surface area contributed by atoms with Gasteiger partial charge in [-0.1, -0.05) is 37.1 Å². The van der Waals surface area contributed by atoms with Crippen LogP contribution in [0.5, 0.6) is 0 Å². The van der Waals surface area contributed by atoms with E-state index in [0.29, 0.717) is 0 Å². The largest absolute Gasteiger partial charge is 0.337 e. The number of aliphatic imine (C=N–C) groups is 2. The van der Waals surface area contributed by atoms with Crippen LogP contribution >= 0.6 is 0 Å². The van der Waals surface area contributed by atoms with Gasteiger partial charge in [0.05, 0.1) is 34.5 Å². The van der Waals surface area contributed by atoms with Gasteiger partial charge in [-0.05, 0) is 37.1 Å². The van der Waals surface area contributed by atoms with E-state index in [2.05, 4.69) is 35.6 Å². The van der Waals surface area contributed by atoms with Gasteiger partial charge in [0.25, 0.3) is 0 Å². The zero-order chi connectivity index (χ0) is 19.9. The molecule has 4 rings (SSSR count). The number of benzene rings is 2. The van der Waals surface area contributed by atoms with E-state index in [1.54, 1.807) is 0 Å². The molecule has 1 N–H and O–H groups in total. The smallest absolute Gasteiger partial charge is 0.151 e. The van der Waals surface area contributed by atoms with Crippen molar-refractivity contribution in [3.05, 3.63) is 60.2 Å². The van der Waals surface area contributed by atoms with Crippen LogP contribution in [0.2, 0.25) is 0 Å². The normalized spacial score (nSPS) is 12.2. The Hall–Kier alpha value is -3.28. The minimum atomic E-state index is 0.822. The van der Waals surface area contributed by atoms with Gasteiger partial charge in [-0.3, -0.25) is 9.98 Å². The van der Waals surface area contributed by atoms with Crippen molar-refractivity contribution in [1.82, 2.24) is 19.5 Å². The molecule has 0 aliphatic carbocycles. The number of fused-ring (bicyclic) bond motifs is 2.